The maximum Gasteiger partial charge on any atom is 0.416 e. The number of allylic oxidation sites excluding steroid dienone is 3. The Labute approximate surface area is 141 Å². The second-order valence-electron chi connectivity index (χ2n) is 5.26. The van der Waals surface area contributed by atoms with Gasteiger partial charge < -0.3 is 0 Å². The lowest BCUT2D eigenvalue weighted by Gasteiger charge is -2.14. The second-order valence-corrected chi connectivity index (χ2v) is 5.26. The maximum absolute atomic E-state index is 12.9. The van der Waals surface area contributed by atoms with Crippen LogP contribution in [-0.4, -0.2) is 0 Å². The molecule has 0 aliphatic heterocycles. The van der Waals surface area contributed by atoms with Crippen LogP contribution < -0.4 is 0 Å². The summed E-state index contributed by atoms with van der Waals surface area (Å²) in [5, 5.41) is 0. The SMILES string of the molecule is C/C=C\C=C(c1cccc(C(F)(F)F)c1)c1cccc(C(F)(F)F)c1. The molecule has 0 fully saturated rings. The van der Waals surface area contributed by atoms with Gasteiger partial charge in [-0.15, -0.1) is 0 Å². The molecule has 132 valence electrons. The summed E-state index contributed by atoms with van der Waals surface area (Å²) in [6.07, 6.45) is -4.37. The molecule has 0 unspecified atom stereocenters. The van der Waals surface area contributed by atoms with Crippen molar-refractivity contribution < 1.29 is 26.3 Å². The molecule has 0 aliphatic rings. The van der Waals surface area contributed by atoms with Gasteiger partial charge in [-0.3, -0.25) is 0 Å². The van der Waals surface area contributed by atoms with Crippen molar-refractivity contribution in [3.63, 3.8) is 0 Å². The van der Waals surface area contributed by atoms with E-state index in [9.17, 15) is 26.3 Å². The highest BCUT2D eigenvalue weighted by Crippen LogP contribution is 2.35. The molecule has 0 aromatic heterocycles. The Morgan fingerprint density at radius 1 is 0.760 bits per heavy atom. The van der Waals surface area contributed by atoms with Crippen molar-refractivity contribution in [3.8, 4) is 0 Å². The minimum atomic E-state index is -4.53. The zero-order valence-electron chi connectivity index (χ0n) is 13.1. The average molecular weight is 356 g/mol. The summed E-state index contributed by atoms with van der Waals surface area (Å²) in [7, 11) is 0. The van der Waals surface area contributed by atoms with Crippen LogP contribution in [0.15, 0.2) is 66.8 Å². The minimum absolute atomic E-state index is 0.187. The van der Waals surface area contributed by atoms with E-state index < -0.39 is 23.5 Å². The van der Waals surface area contributed by atoms with Crippen molar-refractivity contribution in [2.45, 2.75) is 19.3 Å². The summed E-state index contributed by atoms with van der Waals surface area (Å²) in [4.78, 5) is 0. The van der Waals surface area contributed by atoms with Crippen LogP contribution in [0.1, 0.15) is 29.2 Å². The Bertz CT molecular complexity index is 735. The Morgan fingerprint density at radius 2 is 1.20 bits per heavy atom. The summed E-state index contributed by atoms with van der Waals surface area (Å²) in [6.45, 7) is 1.70. The van der Waals surface area contributed by atoms with Crippen LogP contribution in [0.5, 0.6) is 0 Å². The molecule has 0 nitrogen and oxygen atoms in total. The van der Waals surface area contributed by atoms with Crippen LogP contribution in [0.3, 0.4) is 0 Å². The van der Waals surface area contributed by atoms with Gasteiger partial charge in [0.15, 0.2) is 0 Å². The zero-order chi connectivity index (χ0) is 18.7. The van der Waals surface area contributed by atoms with Gasteiger partial charge >= 0.3 is 12.4 Å². The zero-order valence-corrected chi connectivity index (χ0v) is 13.1. The van der Waals surface area contributed by atoms with Gasteiger partial charge in [-0.2, -0.15) is 26.3 Å². The normalized spacial score (nSPS) is 12.4. The highest BCUT2D eigenvalue weighted by Gasteiger charge is 2.32. The van der Waals surface area contributed by atoms with Crippen LogP contribution in [0.25, 0.3) is 5.57 Å². The molecule has 0 spiro atoms. The van der Waals surface area contributed by atoms with E-state index in [0.717, 1.165) is 24.3 Å². The molecule has 0 aliphatic carbocycles. The number of hydrogen-bond acceptors (Lipinski definition) is 0. The Hall–Kier alpha value is -2.50. The van der Waals surface area contributed by atoms with Crippen LogP contribution in [-0.2, 0) is 12.4 Å². The molecule has 2 aromatic rings. The molecule has 6 heteroatoms. The molecular formula is C19H14F6. The third-order valence-corrected chi connectivity index (χ3v) is 3.46. The van der Waals surface area contributed by atoms with Crippen molar-refractivity contribution in [1.29, 1.82) is 0 Å². The first-order valence-corrected chi connectivity index (χ1v) is 7.31. The monoisotopic (exact) mass is 356 g/mol. The lowest BCUT2D eigenvalue weighted by molar-refractivity contribution is -0.138. The number of rotatable bonds is 3. The highest BCUT2D eigenvalue weighted by atomic mass is 19.4. The van der Waals surface area contributed by atoms with Crippen molar-refractivity contribution in [1.82, 2.24) is 0 Å². The molecule has 0 saturated heterocycles. The number of alkyl halides is 6. The molecule has 0 heterocycles. The summed E-state index contributed by atoms with van der Waals surface area (Å²) in [6, 6.07) is 9.03. The molecule has 0 bridgehead atoms. The fourth-order valence-corrected chi connectivity index (χ4v) is 2.28. The largest absolute Gasteiger partial charge is 0.416 e. The van der Waals surface area contributed by atoms with Gasteiger partial charge in [0.1, 0.15) is 0 Å². The maximum atomic E-state index is 12.9. The second kappa shape index (κ2) is 7.17. The number of halogens is 6. The molecule has 0 saturated carbocycles. The van der Waals surface area contributed by atoms with Crippen molar-refractivity contribution in [2.24, 2.45) is 0 Å². The van der Waals surface area contributed by atoms with E-state index in [1.54, 1.807) is 19.1 Å². The van der Waals surface area contributed by atoms with Gasteiger partial charge in [-0.1, -0.05) is 42.5 Å². The third kappa shape index (κ3) is 4.75. The van der Waals surface area contributed by atoms with Crippen LogP contribution in [0, 0.1) is 0 Å². The third-order valence-electron chi connectivity index (χ3n) is 3.46. The Morgan fingerprint density at radius 3 is 1.56 bits per heavy atom. The summed E-state index contributed by atoms with van der Waals surface area (Å²) in [5.41, 5.74) is -1.07. The van der Waals surface area contributed by atoms with Crippen molar-refractivity contribution in [3.05, 3.63) is 89.0 Å². The predicted molar refractivity (Wildman–Crippen MR) is 84.8 cm³/mol. The van der Waals surface area contributed by atoms with E-state index in [0.29, 0.717) is 0 Å². The summed E-state index contributed by atoms with van der Waals surface area (Å²) < 4.78 is 77.5. The summed E-state index contributed by atoms with van der Waals surface area (Å²) in [5.74, 6) is 0. The minimum Gasteiger partial charge on any atom is -0.166 e. The molecule has 0 radical (unpaired) electrons. The van der Waals surface area contributed by atoms with E-state index in [1.807, 2.05) is 0 Å². The first-order chi connectivity index (χ1) is 11.6. The summed E-state index contributed by atoms with van der Waals surface area (Å²) >= 11 is 0. The number of benzene rings is 2. The topological polar surface area (TPSA) is 0 Å². The quantitative estimate of drug-likeness (QED) is 0.422. The van der Waals surface area contributed by atoms with Crippen LogP contribution in [0.4, 0.5) is 26.3 Å². The predicted octanol–water partition coefficient (Wildman–Crippen LogP) is 6.73. The standard InChI is InChI=1S/C19H14F6/c1-2-3-10-17(13-6-4-8-15(11-13)18(20,21)22)14-7-5-9-16(12-14)19(23,24)25/h2-12H,1H3/b3-2-. The molecule has 0 N–H and O–H groups in total. The van der Waals surface area contributed by atoms with Crippen molar-refractivity contribution in [2.75, 3.05) is 0 Å². The number of hydrogen-bond donors (Lipinski definition) is 0. The van der Waals surface area contributed by atoms with Gasteiger partial charge in [0.05, 0.1) is 11.1 Å². The molecular weight excluding hydrogens is 342 g/mol. The first-order valence-electron chi connectivity index (χ1n) is 7.31. The smallest absolute Gasteiger partial charge is 0.166 e. The van der Waals surface area contributed by atoms with Crippen molar-refractivity contribution >= 4 is 5.57 Å². The van der Waals surface area contributed by atoms with E-state index in [2.05, 4.69) is 0 Å². The van der Waals surface area contributed by atoms with Gasteiger partial charge in [0, 0.05) is 0 Å². The lowest BCUT2D eigenvalue weighted by atomic mass is 9.94. The lowest BCUT2D eigenvalue weighted by Crippen LogP contribution is -2.06. The van der Waals surface area contributed by atoms with E-state index in [-0.39, 0.29) is 16.7 Å². The van der Waals surface area contributed by atoms with Gasteiger partial charge in [0.2, 0.25) is 0 Å². The van der Waals surface area contributed by atoms with Crippen LogP contribution >= 0.6 is 0 Å². The molecule has 2 aromatic carbocycles. The van der Waals surface area contributed by atoms with E-state index >= 15 is 0 Å². The molecule has 0 amide bonds. The average Bonchev–Trinajstić information content (AvgIpc) is 2.54. The fourth-order valence-electron chi connectivity index (χ4n) is 2.28. The molecule has 2 rings (SSSR count). The van der Waals surface area contributed by atoms with Gasteiger partial charge in [-0.05, 0) is 47.9 Å². The van der Waals surface area contributed by atoms with E-state index in [1.165, 1.54) is 30.3 Å². The van der Waals surface area contributed by atoms with E-state index in [4.69, 9.17) is 0 Å². The molecule has 0 atom stereocenters. The fraction of sp³-hybridized carbons (Fsp3) is 0.158. The van der Waals surface area contributed by atoms with Crippen LogP contribution in [0.2, 0.25) is 0 Å². The Kier molecular flexibility index (Phi) is 5.40. The van der Waals surface area contributed by atoms with Gasteiger partial charge in [-0.25, -0.2) is 0 Å². The first kappa shape index (κ1) is 18.8. The van der Waals surface area contributed by atoms with Gasteiger partial charge in [0.25, 0.3) is 0 Å². The Balaban J connectivity index is 2.60. The molecule has 25 heavy (non-hydrogen) atoms. The highest BCUT2D eigenvalue weighted by molar-refractivity contribution is 5.81.